The molecular weight excluding hydrogens is 451 g/mol. The molecular formula is C26H35Cl3O2. The molecule has 0 unspecified atom stereocenters. The molecule has 0 radical (unpaired) electrons. The zero-order valence-electron chi connectivity index (χ0n) is 19.5. The first-order valence-corrected chi connectivity index (χ1v) is 11.8. The summed E-state index contributed by atoms with van der Waals surface area (Å²) in [5.74, 6) is 0.827. The van der Waals surface area contributed by atoms with Gasteiger partial charge in [0.25, 0.3) is 0 Å². The standard InChI is InChI=1S/C13H17ClO.C10H14.C3H4Cl2O/c1-13(2,3)11-6-4-10(5-7-11)12(15)8-9-14;1-10(2,3)9-7-5-4-6-8-9;4-2-1-3(5)6/h4-7H,8-9H2,1-3H3;4-8H,1-3H3;1-2H2. The van der Waals surface area contributed by atoms with E-state index in [0.717, 1.165) is 5.56 Å². The maximum atomic E-state index is 11.5. The molecule has 0 amide bonds. The molecule has 2 aromatic carbocycles. The lowest BCUT2D eigenvalue weighted by Crippen LogP contribution is -2.11. The predicted octanol–water partition coefficient (Wildman–Crippen LogP) is 8.16. The van der Waals surface area contributed by atoms with Gasteiger partial charge in [0.1, 0.15) is 0 Å². The number of carbonyl (C=O) groups excluding carboxylic acids is 2. The van der Waals surface area contributed by atoms with Crippen LogP contribution in [0.15, 0.2) is 54.6 Å². The molecule has 0 N–H and O–H groups in total. The third kappa shape index (κ3) is 13.6. The van der Waals surface area contributed by atoms with Crippen LogP contribution in [0.1, 0.15) is 75.9 Å². The molecule has 0 heterocycles. The number of hydrogen-bond acceptors (Lipinski definition) is 2. The fourth-order valence-corrected chi connectivity index (χ4v) is 2.93. The second kappa shape index (κ2) is 14.7. The smallest absolute Gasteiger partial charge is 0.222 e. The van der Waals surface area contributed by atoms with Crippen LogP contribution in [0.5, 0.6) is 0 Å². The molecule has 0 aliphatic heterocycles. The van der Waals surface area contributed by atoms with E-state index in [1.807, 2.05) is 24.3 Å². The minimum Gasteiger partial charge on any atom is -0.294 e. The monoisotopic (exact) mass is 484 g/mol. The Labute approximate surface area is 203 Å². The average Bonchev–Trinajstić information content (AvgIpc) is 2.68. The molecule has 2 aromatic rings. The van der Waals surface area contributed by atoms with E-state index >= 15 is 0 Å². The highest BCUT2D eigenvalue weighted by atomic mass is 35.5. The van der Waals surface area contributed by atoms with Gasteiger partial charge in [-0.05, 0) is 33.6 Å². The van der Waals surface area contributed by atoms with Crippen molar-refractivity contribution in [1.82, 2.24) is 0 Å². The second-order valence-electron chi connectivity index (χ2n) is 9.10. The molecule has 172 valence electrons. The Bertz CT molecular complexity index is 771. The van der Waals surface area contributed by atoms with E-state index in [1.165, 1.54) is 11.1 Å². The van der Waals surface area contributed by atoms with Gasteiger partial charge in [0.15, 0.2) is 5.78 Å². The van der Waals surface area contributed by atoms with Crippen molar-refractivity contribution < 1.29 is 9.59 Å². The zero-order valence-corrected chi connectivity index (χ0v) is 21.7. The number of halogens is 3. The fraction of sp³-hybridized carbons (Fsp3) is 0.462. The molecule has 0 aliphatic rings. The Balaban J connectivity index is 0.000000484. The molecule has 31 heavy (non-hydrogen) atoms. The first kappa shape index (κ1) is 29.7. The maximum Gasteiger partial charge on any atom is 0.222 e. The van der Waals surface area contributed by atoms with Gasteiger partial charge in [0.05, 0.1) is 0 Å². The second-order valence-corrected chi connectivity index (χ2v) is 10.3. The van der Waals surface area contributed by atoms with Crippen LogP contribution in [0, 0.1) is 0 Å². The molecule has 0 spiro atoms. The van der Waals surface area contributed by atoms with Crippen molar-refractivity contribution in [2.75, 3.05) is 11.8 Å². The van der Waals surface area contributed by atoms with Gasteiger partial charge in [0, 0.05) is 30.2 Å². The normalized spacial score (nSPS) is 10.9. The van der Waals surface area contributed by atoms with Crippen molar-refractivity contribution in [1.29, 1.82) is 0 Å². The van der Waals surface area contributed by atoms with Crippen LogP contribution in [0.2, 0.25) is 0 Å². The Morgan fingerprint density at radius 3 is 1.39 bits per heavy atom. The Morgan fingerprint density at radius 1 is 0.677 bits per heavy atom. The summed E-state index contributed by atoms with van der Waals surface area (Å²) in [5.41, 5.74) is 3.82. The quantitative estimate of drug-likeness (QED) is 0.243. The van der Waals surface area contributed by atoms with Crippen molar-refractivity contribution in [3.8, 4) is 0 Å². The summed E-state index contributed by atoms with van der Waals surface area (Å²) in [6.45, 7) is 13.1. The van der Waals surface area contributed by atoms with Crippen LogP contribution in [-0.4, -0.2) is 22.8 Å². The summed E-state index contributed by atoms with van der Waals surface area (Å²) in [4.78, 5) is 21.2. The van der Waals surface area contributed by atoms with Gasteiger partial charge in [-0.25, -0.2) is 0 Å². The number of carbonyl (C=O) groups is 2. The van der Waals surface area contributed by atoms with Crippen molar-refractivity contribution in [3.63, 3.8) is 0 Å². The van der Waals surface area contributed by atoms with Crippen LogP contribution >= 0.6 is 34.8 Å². The summed E-state index contributed by atoms with van der Waals surface area (Å²) in [5, 5.41) is -0.370. The van der Waals surface area contributed by atoms with Crippen molar-refractivity contribution >= 4 is 45.8 Å². The van der Waals surface area contributed by atoms with Crippen molar-refractivity contribution in [2.24, 2.45) is 0 Å². The van der Waals surface area contributed by atoms with E-state index in [-0.39, 0.29) is 22.9 Å². The SMILES string of the molecule is CC(C)(C)c1ccc(C(=O)CCCl)cc1.CC(C)(C)c1ccccc1.O=C(Cl)CCCl. The van der Waals surface area contributed by atoms with Crippen LogP contribution in [0.4, 0.5) is 0 Å². The van der Waals surface area contributed by atoms with E-state index in [9.17, 15) is 9.59 Å². The van der Waals surface area contributed by atoms with Crippen LogP contribution in [0.25, 0.3) is 0 Å². The molecule has 0 fully saturated rings. The van der Waals surface area contributed by atoms with E-state index in [0.29, 0.717) is 23.6 Å². The molecule has 5 heteroatoms. The molecule has 2 rings (SSSR count). The van der Waals surface area contributed by atoms with Crippen LogP contribution < -0.4 is 0 Å². The summed E-state index contributed by atoms with van der Waals surface area (Å²) < 4.78 is 0. The number of Topliss-reactive ketones (excluding diaryl/α,β-unsaturated/α-hetero) is 1. The van der Waals surface area contributed by atoms with E-state index in [2.05, 4.69) is 71.9 Å². The minimum absolute atomic E-state index is 0.116. The molecule has 2 nitrogen and oxygen atoms in total. The molecule has 0 atom stereocenters. The largest absolute Gasteiger partial charge is 0.294 e. The Hall–Kier alpha value is -1.35. The highest BCUT2D eigenvalue weighted by Crippen LogP contribution is 2.22. The molecule has 0 aliphatic carbocycles. The lowest BCUT2D eigenvalue weighted by atomic mass is 9.86. The van der Waals surface area contributed by atoms with Gasteiger partial charge in [-0.3, -0.25) is 9.59 Å². The van der Waals surface area contributed by atoms with E-state index in [4.69, 9.17) is 34.8 Å². The van der Waals surface area contributed by atoms with Gasteiger partial charge in [-0.2, -0.15) is 0 Å². The van der Waals surface area contributed by atoms with Gasteiger partial charge in [-0.15, -0.1) is 23.2 Å². The highest BCUT2D eigenvalue weighted by molar-refractivity contribution is 6.63. The van der Waals surface area contributed by atoms with Crippen LogP contribution in [0.3, 0.4) is 0 Å². The average molecular weight is 486 g/mol. The van der Waals surface area contributed by atoms with Crippen LogP contribution in [-0.2, 0) is 15.6 Å². The predicted molar refractivity (Wildman–Crippen MR) is 136 cm³/mol. The van der Waals surface area contributed by atoms with Gasteiger partial charge in [0.2, 0.25) is 5.24 Å². The Morgan fingerprint density at radius 2 is 1.10 bits per heavy atom. The first-order valence-electron chi connectivity index (χ1n) is 10.3. The number of benzene rings is 2. The van der Waals surface area contributed by atoms with E-state index < -0.39 is 0 Å². The number of ketones is 1. The molecule has 0 aromatic heterocycles. The summed E-state index contributed by atoms with van der Waals surface area (Å²) in [6, 6.07) is 18.4. The van der Waals surface area contributed by atoms with Gasteiger partial charge >= 0.3 is 0 Å². The van der Waals surface area contributed by atoms with Crippen molar-refractivity contribution in [3.05, 3.63) is 71.3 Å². The molecule has 0 saturated heterocycles. The van der Waals surface area contributed by atoms with Gasteiger partial charge < -0.3 is 0 Å². The summed E-state index contributed by atoms with van der Waals surface area (Å²) in [7, 11) is 0. The highest BCUT2D eigenvalue weighted by Gasteiger charge is 2.14. The summed E-state index contributed by atoms with van der Waals surface area (Å²) in [6.07, 6.45) is 0.680. The zero-order chi connectivity index (χ0) is 24.1. The lowest BCUT2D eigenvalue weighted by molar-refractivity contribution is -0.111. The maximum absolute atomic E-state index is 11.5. The third-order valence-electron chi connectivity index (χ3n) is 4.33. The van der Waals surface area contributed by atoms with Crippen molar-refractivity contribution in [2.45, 2.75) is 65.2 Å². The number of alkyl halides is 2. The fourth-order valence-electron chi connectivity index (χ4n) is 2.40. The summed E-state index contributed by atoms with van der Waals surface area (Å²) >= 11 is 15.5. The van der Waals surface area contributed by atoms with Gasteiger partial charge in [-0.1, -0.05) is 96.1 Å². The number of hydrogen-bond donors (Lipinski definition) is 0. The third-order valence-corrected chi connectivity index (χ3v) is 4.89. The first-order chi connectivity index (χ1) is 14.3. The minimum atomic E-state index is -0.370. The molecule has 0 bridgehead atoms. The Kier molecular flexibility index (Phi) is 14.0. The molecule has 0 saturated carbocycles. The number of rotatable bonds is 5. The van der Waals surface area contributed by atoms with E-state index in [1.54, 1.807) is 0 Å². The topological polar surface area (TPSA) is 34.1 Å². The lowest BCUT2D eigenvalue weighted by Gasteiger charge is -2.18.